The highest BCUT2D eigenvalue weighted by atomic mass is 16.6. The SMILES string of the molecule is CC(=O)OC/C=C1\CC[C@@H](OC(C)=O)[C@](C)(CCCC(C)C(C)(O)CC=C(C)C)OC1. The topological polar surface area (TPSA) is 82.1 Å². The predicted molar refractivity (Wildman–Crippen MR) is 122 cm³/mol. The van der Waals surface area contributed by atoms with Gasteiger partial charge in [0, 0.05) is 13.8 Å². The number of rotatable bonds is 10. The normalized spacial score (nSPS) is 25.8. The molecule has 0 bridgehead atoms. The Morgan fingerprint density at radius 1 is 1.29 bits per heavy atom. The molecule has 178 valence electrons. The summed E-state index contributed by atoms with van der Waals surface area (Å²) in [5.74, 6) is -0.502. The summed E-state index contributed by atoms with van der Waals surface area (Å²) >= 11 is 0. The lowest BCUT2D eigenvalue weighted by Crippen LogP contribution is -2.44. The van der Waals surface area contributed by atoms with Gasteiger partial charge in [0.2, 0.25) is 0 Å². The summed E-state index contributed by atoms with van der Waals surface area (Å²) in [5, 5.41) is 10.8. The number of aliphatic hydroxyl groups is 1. The average molecular weight is 439 g/mol. The second-order valence-electron chi connectivity index (χ2n) is 9.54. The molecule has 0 aromatic rings. The van der Waals surface area contributed by atoms with E-state index in [9.17, 15) is 14.7 Å². The molecule has 0 saturated carbocycles. The van der Waals surface area contributed by atoms with E-state index in [4.69, 9.17) is 14.2 Å². The van der Waals surface area contributed by atoms with Gasteiger partial charge in [-0.25, -0.2) is 0 Å². The molecule has 0 aliphatic carbocycles. The number of hydrogen-bond acceptors (Lipinski definition) is 6. The van der Waals surface area contributed by atoms with E-state index in [-0.39, 0.29) is 30.6 Å². The maximum atomic E-state index is 11.7. The van der Waals surface area contributed by atoms with Gasteiger partial charge in [0.25, 0.3) is 0 Å². The molecule has 1 fully saturated rings. The van der Waals surface area contributed by atoms with Gasteiger partial charge in [-0.15, -0.1) is 0 Å². The van der Waals surface area contributed by atoms with Crippen LogP contribution in [0.5, 0.6) is 0 Å². The van der Waals surface area contributed by atoms with E-state index in [2.05, 4.69) is 13.0 Å². The predicted octanol–water partition coefficient (Wildman–Crippen LogP) is 4.89. The minimum Gasteiger partial charge on any atom is -0.462 e. The van der Waals surface area contributed by atoms with Crippen molar-refractivity contribution < 1.29 is 28.9 Å². The van der Waals surface area contributed by atoms with Crippen molar-refractivity contribution in [3.8, 4) is 0 Å². The van der Waals surface area contributed by atoms with E-state index in [1.807, 2.05) is 33.8 Å². The zero-order chi connectivity index (χ0) is 23.7. The second-order valence-corrected chi connectivity index (χ2v) is 9.54. The van der Waals surface area contributed by atoms with E-state index in [0.717, 1.165) is 31.3 Å². The van der Waals surface area contributed by atoms with Crippen LogP contribution in [0.1, 0.15) is 87.0 Å². The van der Waals surface area contributed by atoms with Gasteiger partial charge in [0.15, 0.2) is 0 Å². The molecule has 1 N–H and O–H groups in total. The van der Waals surface area contributed by atoms with Gasteiger partial charge < -0.3 is 19.3 Å². The minimum absolute atomic E-state index is 0.129. The number of carbonyl (C=O) groups is 2. The molecule has 0 spiro atoms. The Kier molecular flexibility index (Phi) is 10.9. The van der Waals surface area contributed by atoms with Crippen LogP contribution in [0.3, 0.4) is 0 Å². The van der Waals surface area contributed by atoms with Crippen molar-refractivity contribution in [2.24, 2.45) is 5.92 Å². The molecule has 0 aromatic carbocycles. The summed E-state index contributed by atoms with van der Waals surface area (Å²) in [6.07, 6.45) is 8.07. The average Bonchev–Trinajstić information content (AvgIpc) is 2.80. The summed E-state index contributed by atoms with van der Waals surface area (Å²) in [6.45, 7) is 13.5. The number of allylic oxidation sites excluding steroid dienone is 1. The lowest BCUT2D eigenvalue weighted by molar-refractivity contribution is -0.168. The molecule has 6 heteroatoms. The third-order valence-electron chi connectivity index (χ3n) is 6.26. The number of ether oxygens (including phenoxy) is 3. The van der Waals surface area contributed by atoms with Crippen molar-refractivity contribution >= 4 is 11.9 Å². The molecular formula is C25H42O6. The lowest BCUT2D eigenvalue weighted by atomic mass is 9.81. The van der Waals surface area contributed by atoms with E-state index in [1.165, 1.54) is 19.4 Å². The standard InChI is InChI=1S/C25H42O6/c1-18(2)12-15-24(6,28)19(3)9-8-14-25(7)23(31-21(5)27)11-10-22(17-30-25)13-16-29-20(4)26/h12-13,19,23,28H,8-11,14-17H2,1-7H3/b22-13+/t19?,23-,24?,25+/m1/s1. The molecule has 4 atom stereocenters. The molecule has 0 aromatic heterocycles. The molecule has 31 heavy (non-hydrogen) atoms. The highest BCUT2D eigenvalue weighted by Crippen LogP contribution is 2.35. The summed E-state index contributed by atoms with van der Waals surface area (Å²) in [7, 11) is 0. The second kappa shape index (κ2) is 12.4. The fraction of sp³-hybridized carbons (Fsp3) is 0.760. The number of carbonyl (C=O) groups excluding carboxylic acids is 2. The van der Waals surface area contributed by atoms with E-state index in [0.29, 0.717) is 19.4 Å². The Morgan fingerprint density at radius 2 is 1.97 bits per heavy atom. The van der Waals surface area contributed by atoms with Crippen molar-refractivity contribution in [2.45, 2.75) is 104 Å². The van der Waals surface area contributed by atoms with E-state index in [1.54, 1.807) is 0 Å². The van der Waals surface area contributed by atoms with Crippen molar-refractivity contribution in [2.75, 3.05) is 13.2 Å². The molecule has 0 radical (unpaired) electrons. The van der Waals surface area contributed by atoms with Gasteiger partial charge in [-0.05, 0) is 77.4 Å². The van der Waals surface area contributed by atoms with Gasteiger partial charge in [-0.3, -0.25) is 9.59 Å². The van der Waals surface area contributed by atoms with Gasteiger partial charge >= 0.3 is 11.9 Å². The molecular weight excluding hydrogens is 396 g/mol. The Morgan fingerprint density at radius 3 is 2.55 bits per heavy atom. The van der Waals surface area contributed by atoms with E-state index < -0.39 is 11.2 Å². The fourth-order valence-electron chi connectivity index (χ4n) is 3.78. The molecule has 1 rings (SSSR count). The number of hydrogen-bond donors (Lipinski definition) is 1. The highest BCUT2D eigenvalue weighted by molar-refractivity contribution is 5.66. The van der Waals surface area contributed by atoms with Gasteiger partial charge in [0.1, 0.15) is 18.3 Å². The van der Waals surface area contributed by atoms with Crippen LogP contribution in [0.15, 0.2) is 23.3 Å². The Bertz CT molecular complexity index is 659. The van der Waals surface area contributed by atoms with Crippen LogP contribution in [0, 0.1) is 5.92 Å². The van der Waals surface area contributed by atoms with Crippen molar-refractivity contribution in [1.82, 2.24) is 0 Å². The minimum atomic E-state index is -0.760. The first-order valence-corrected chi connectivity index (χ1v) is 11.3. The summed E-state index contributed by atoms with van der Waals surface area (Å²) in [4.78, 5) is 22.7. The van der Waals surface area contributed by atoms with Crippen molar-refractivity contribution in [1.29, 1.82) is 0 Å². The maximum Gasteiger partial charge on any atom is 0.303 e. The first kappa shape index (κ1) is 27.4. The van der Waals surface area contributed by atoms with Crippen LogP contribution in [-0.2, 0) is 23.8 Å². The van der Waals surface area contributed by atoms with Crippen LogP contribution in [0.4, 0.5) is 0 Å². The van der Waals surface area contributed by atoms with Crippen LogP contribution >= 0.6 is 0 Å². The monoisotopic (exact) mass is 438 g/mol. The highest BCUT2D eigenvalue weighted by Gasteiger charge is 2.40. The molecule has 1 heterocycles. The maximum absolute atomic E-state index is 11.7. The summed E-state index contributed by atoms with van der Waals surface area (Å²) in [5.41, 5.74) is 0.882. The Balaban J connectivity index is 2.77. The smallest absolute Gasteiger partial charge is 0.303 e. The van der Waals surface area contributed by atoms with Gasteiger partial charge in [-0.2, -0.15) is 0 Å². The first-order valence-electron chi connectivity index (χ1n) is 11.3. The molecule has 6 nitrogen and oxygen atoms in total. The van der Waals surface area contributed by atoms with Crippen LogP contribution in [0.2, 0.25) is 0 Å². The van der Waals surface area contributed by atoms with Crippen LogP contribution in [0.25, 0.3) is 0 Å². The van der Waals surface area contributed by atoms with Gasteiger partial charge in [0.05, 0.1) is 12.2 Å². The molecule has 1 saturated heterocycles. The fourth-order valence-corrected chi connectivity index (χ4v) is 3.78. The van der Waals surface area contributed by atoms with Crippen LogP contribution < -0.4 is 0 Å². The van der Waals surface area contributed by atoms with Gasteiger partial charge in [-0.1, -0.05) is 25.0 Å². The summed E-state index contributed by atoms with van der Waals surface area (Å²) in [6, 6.07) is 0. The third kappa shape index (κ3) is 10.0. The third-order valence-corrected chi connectivity index (χ3v) is 6.26. The van der Waals surface area contributed by atoms with Crippen LogP contribution in [-0.4, -0.2) is 47.6 Å². The Labute approximate surface area is 188 Å². The quantitative estimate of drug-likeness (QED) is 0.386. The largest absolute Gasteiger partial charge is 0.462 e. The molecule has 2 unspecified atom stereocenters. The first-order chi connectivity index (χ1) is 14.4. The molecule has 0 amide bonds. The number of esters is 2. The summed E-state index contributed by atoms with van der Waals surface area (Å²) < 4.78 is 16.9. The lowest BCUT2D eigenvalue weighted by Gasteiger charge is -2.36. The zero-order valence-electron chi connectivity index (χ0n) is 20.5. The zero-order valence-corrected chi connectivity index (χ0v) is 20.5. The molecule has 1 aliphatic heterocycles. The van der Waals surface area contributed by atoms with Crippen molar-refractivity contribution in [3.05, 3.63) is 23.3 Å². The molecule has 1 aliphatic rings. The van der Waals surface area contributed by atoms with E-state index >= 15 is 0 Å². The van der Waals surface area contributed by atoms with Crippen molar-refractivity contribution in [3.63, 3.8) is 0 Å². The Hall–Kier alpha value is -1.66.